The first-order valence-corrected chi connectivity index (χ1v) is 6.31. The van der Waals surface area contributed by atoms with Gasteiger partial charge >= 0.3 is 0 Å². The molecule has 94 valence electrons. The van der Waals surface area contributed by atoms with Crippen LogP contribution in [0, 0.1) is 0 Å². The van der Waals surface area contributed by atoms with Crippen LogP contribution in [0.1, 0.15) is 13.3 Å². The molecule has 0 radical (unpaired) electrons. The quantitative estimate of drug-likeness (QED) is 0.643. The van der Waals surface area contributed by atoms with Gasteiger partial charge < -0.3 is 8.92 Å². The Morgan fingerprint density at radius 1 is 1.35 bits per heavy atom. The molecule has 1 saturated heterocycles. The van der Waals surface area contributed by atoms with Gasteiger partial charge in [-0.3, -0.25) is 4.90 Å². The number of benzene rings is 1. The van der Waals surface area contributed by atoms with Crippen LogP contribution in [0.15, 0.2) is 30.3 Å². The van der Waals surface area contributed by atoms with Crippen LogP contribution in [0.4, 0.5) is 0 Å². The number of likely N-dealkylation sites (tertiary alicyclic amines) is 1. The molecular formula is C13H19NO2S. The summed E-state index contributed by atoms with van der Waals surface area (Å²) in [6, 6.07) is 10.0. The molecular weight excluding hydrogens is 234 g/mol. The average molecular weight is 253 g/mol. The number of thiol groups is 1. The second kappa shape index (κ2) is 5.76. The number of rotatable bonds is 5. The summed E-state index contributed by atoms with van der Waals surface area (Å²) in [6.45, 7) is 5.74. The predicted molar refractivity (Wildman–Crippen MR) is 71.5 cm³/mol. The van der Waals surface area contributed by atoms with Crippen molar-refractivity contribution in [3.63, 3.8) is 0 Å². The Labute approximate surface area is 108 Å². The fraction of sp³-hybridized carbons (Fsp3) is 0.538. The van der Waals surface area contributed by atoms with Gasteiger partial charge in [0.25, 0.3) is 0 Å². The minimum Gasteiger partial charge on any atom is -0.486 e. The van der Waals surface area contributed by atoms with Crippen LogP contribution < -0.4 is 4.74 Å². The zero-order valence-electron chi connectivity index (χ0n) is 10.1. The molecule has 0 aromatic heterocycles. The van der Waals surface area contributed by atoms with Crippen molar-refractivity contribution in [2.75, 3.05) is 26.2 Å². The van der Waals surface area contributed by atoms with Gasteiger partial charge in [-0.15, -0.1) is 0 Å². The van der Waals surface area contributed by atoms with Gasteiger partial charge in [-0.05, 0) is 32.0 Å². The summed E-state index contributed by atoms with van der Waals surface area (Å²) in [7, 11) is 0. The zero-order chi connectivity index (χ0) is 12.1. The van der Waals surface area contributed by atoms with Crippen molar-refractivity contribution in [3.05, 3.63) is 30.3 Å². The molecule has 1 aliphatic heterocycles. The van der Waals surface area contributed by atoms with Crippen LogP contribution in [0.25, 0.3) is 0 Å². The monoisotopic (exact) mass is 253 g/mol. The highest BCUT2D eigenvalue weighted by molar-refractivity contribution is 7.75. The van der Waals surface area contributed by atoms with Crippen molar-refractivity contribution in [3.8, 4) is 5.75 Å². The summed E-state index contributed by atoms with van der Waals surface area (Å²) in [5.41, 5.74) is -0.0854. The highest BCUT2D eigenvalue weighted by Crippen LogP contribution is 2.27. The Balaban J connectivity index is 1.89. The Bertz CT molecular complexity index is 347. The maximum absolute atomic E-state index is 6.07. The highest BCUT2D eigenvalue weighted by atomic mass is 32.1. The van der Waals surface area contributed by atoms with Crippen molar-refractivity contribution in [1.29, 1.82) is 0 Å². The van der Waals surface area contributed by atoms with Gasteiger partial charge in [0.05, 0.1) is 6.61 Å². The molecule has 0 spiro atoms. The van der Waals surface area contributed by atoms with E-state index in [0.29, 0.717) is 6.61 Å². The van der Waals surface area contributed by atoms with Gasteiger partial charge in [0.1, 0.15) is 11.4 Å². The topological polar surface area (TPSA) is 21.7 Å². The second-order valence-corrected chi connectivity index (χ2v) is 4.98. The molecule has 0 aliphatic carbocycles. The van der Waals surface area contributed by atoms with E-state index in [9.17, 15) is 0 Å². The van der Waals surface area contributed by atoms with E-state index in [1.165, 1.54) is 0 Å². The molecule has 1 aromatic carbocycles. The van der Waals surface area contributed by atoms with Gasteiger partial charge in [0, 0.05) is 26.1 Å². The smallest absolute Gasteiger partial charge is 0.120 e. The molecule has 1 atom stereocenters. The molecule has 17 heavy (non-hydrogen) atoms. The van der Waals surface area contributed by atoms with Gasteiger partial charge in [-0.1, -0.05) is 18.2 Å². The minimum absolute atomic E-state index is 0.0854. The van der Waals surface area contributed by atoms with Crippen LogP contribution in [-0.2, 0) is 4.18 Å². The lowest BCUT2D eigenvalue weighted by atomic mass is 10.1. The second-order valence-electron chi connectivity index (χ2n) is 4.72. The third-order valence-electron chi connectivity index (χ3n) is 3.12. The summed E-state index contributed by atoms with van der Waals surface area (Å²) in [4.78, 5) is 2.35. The lowest BCUT2D eigenvalue weighted by molar-refractivity contribution is 0.0942. The number of ether oxygens (including phenoxy) is 1. The Morgan fingerprint density at radius 3 is 2.82 bits per heavy atom. The predicted octanol–water partition coefficient (Wildman–Crippen LogP) is 2.39. The van der Waals surface area contributed by atoms with E-state index in [2.05, 4.69) is 24.7 Å². The standard InChI is InChI=1S/C13H19NO2S/c1-13(16-12-5-3-2-4-6-12)7-8-14(11-13)9-10-15-17/h2-6,17H,7-11H2,1H3. The average Bonchev–Trinajstić information content (AvgIpc) is 2.69. The number of para-hydroxylation sites is 1. The summed E-state index contributed by atoms with van der Waals surface area (Å²) < 4.78 is 10.9. The molecule has 0 N–H and O–H groups in total. The van der Waals surface area contributed by atoms with E-state index in [0.717, 1.165) is 31.8 Å². The molecule has 4 heteroatoms. The zero-order valence-corrected chi connectivity index (χ0v) is 11.0. The van der Waals surface area contributed by atoms with E-state index in [1.54, 1.807) is 0 Å². The molecule has 1 fully saturated rings. The van der Waals surface area contributed by atoms with Crippen LogP contribution in [0.3, 0.4) is 0 Å². The van der Waals surface area contributed by atoms with E-state index >= 15 is 0 Å². The fourth-order valence-corrected chi connectivity index (χ4v) is 2.32. The number of nitrogens with zero attached hydrogens (tertiary/aromatic N) is 1. The third-order valence-corrected chi connectivity index (χ3v) is 3.30. The Morgan fingerprint density at radius 2 is 2.12 bits per heavy atom. The molecule has 1 aromatic rings. The lowest BCUT2D eigenvalue weighted by Gasteiger charge is -2.26. The van der Waals surface area contributed by atoms with E-state index < -0.39 is 0 Å². The molecule has 1 heterocycles. The van der Waals surface area contributed by atoms with Crippen molar-refractivity contribution in [1.82, 2.24) is 4.90 Å². The molecule has 0 bridgehead atoms. The maximum atomic E-state index is 6.07. The molecule has 1 aliphatic rings. The van der Waals surface area contributed by atoms with E-state index in [1.807, 2.05) is 30.3 Å². The van der Waals surface area contributed by atoms with Gasteiger partial charge in [-0.25, -0.2) is 0 Å². The minimum atomic E-state index is -0.0854. The first kappa shape index (κ1) is 12.7. The number of hydrogen-bond donors (Lipinski definition) is 1. The summed E-state index contributed by atoms with van der Waals surface area (Å²) in [5.74, 6) is 0.947. The van der Waals surface area contributed by atoms with Gasteiger partial charge in [0.15, 0.2) is 0 Å². The summed E-state index contributed by atoms with van der Waals surface area (Å²) in [6.07, 6.45) is 1.05. The van der Waals surface area contributed by atoms with E-state index in [-0.39, 0.29) is 5.60 Å². The van der Waals surface area contributed by atoms with Gasteiger partial charge in [-0.2, -0.15) is 0 Å². The lowest BCUT2D eigenvalue weighted by Crippen LogP contribution is -2.36. The fourth-order valence-electron chi connectivity index (χ4n) is 2.24. The van der Waals surface area contributed by atoms with Gasteiger partial charge in [0.2, 0.25) is 0 Å². The van der Waals surface area contributed by atoms with Crippen molar-refractivity contribution < 1.29 is 8.92 Å². The van der Waals surface area contributed by atoms with Crippen LogP contribution in [-0.4, -0.2) is 36.7 Å². The third kappa shape index (κ3) is 3.63. The van der Waals surface area contributed by atoms with Crippen LogP contribution in [0.5, 0.6) is 5.75 Å². The van der Waals surface area contributed by atoms with Crippen LogP contribution >= 0.6 is 12.9 Å². The molecule has 0 amide bonds. The molecule has 3 nitrogen and oxygen atoms in total. The molecule has 2 rings (SSSR count). The summed E-state index contributed by atoms with van der Waals surface area (Å²) >= 11 is 3.76. The highest BCUT2D eigenvalue weighted by Gasteiger charge is 2.35. The number of hydrogen-bond acceptors (Lipinski definition) is 4. The molecule has 1 unspecified atom stereocenters. The summed E-state index contributed by atoms with van der Waals surface area (Å²) in [5, 5.41) is 0. The largest absolute Gasteiger partial charge is 0.486 e. The molecule has 0 saturated carbocycles. The Hall–Kier alpha value is -0.710. The Kier molecular flexibility index (Phi) is 4.31. The first-order valence-electron chi connectivity index (χ1n) is 5.95. The van der Waals surface area contributed by atoms with Crippen LogP contribution in [0.2, 0.25) is 0 Å². The van der Waals surface area contributed by atoms with Crippen molar-refractivity contribution in [2.45, 2.75) is 18.9 Å². The maximum Gasteiger partial charge on any atom is 0.120 e. The normalized spacial score (nSPS) is 25.1. The first-order chi connectivity index (χ1) is 8.22. The van der Waals surface area contributed by atoms with Crippen molar-refractivity contribution in [2.24, 2.45) is 0 Å². The SMILES string of the molecule is CC1(Oc2ccccc2)CCN(CCOS)C1. The van der Waals surface area contributed by atoms with E-state index in [4.69, 9.17) is 8.92 Å². The van der Waals surface area contributed by atoms with Crippen molar-refractivity contribution >= 4 is 12.9 Å².